The first kappa shape index (κ1) is 8.97. The molecule has 1 rings (SSSR count). The van der Waals surface area contributed by atoms with Crippen molar-refractivity contribution in [2.75, 3.05) is 26.5 Å². The third kappa shape index (κ3) is 2.77. The Bertz CT molecular complexity index is 102. The molecule has 11 heavy (non-hydrogen) atoms. The fourth-order valence-corrected chi connectivity index (χ4v) is 1.25. The van der Waals surface area contributed by atoms with Gasteiger partial charge in [0.05, 0.1) is 0 Å². The van der Waals surface area contributed by atoms with Crippen LogP contribution in [0, 0.1) is 0 Å². The van der Waals surface area contributed by atoms with Crippen LogP contribution in [-0.4, -0.2) is 37.6 Å². The molecule has 3 heteroatoms. The fraction of sp³-hybridized carbons (Fsp3) is 1.00. The van der Waals surface area contributed by atoms with Crippen molar-refractivity contribution in [3.63, 3.8) is 0 Å². The summed E-state index contributed by atoms with van der Waals surface area (Å²) < 4.78 is 10.7. The number of hydrogen-bond acceptors (Lipinski definition) is 3. The second-order valence-corrected chi connectivity index (χ2v) is 2.76. The minimum atomic E-state index is 0.209. The van der Waals surface area contributed by atoms with E-state index >= 15 is 0 Å². The summed E-state index contributed by atoms with van der Waals surface area (Å²) in [5.74, 6) is 0. The smallest absolute Gasteiger partial charge is 0.109 e. The van der Waals surface area contributed by atoms with E-state index < -0.39 is 0 Å². The van der Waals surface area contributed by atoms with Crippen LogP contribution in [0.15, 0.2) is 0 Å². The molecule has 0 bridgehead atoms. The van der Waals surface area contributed by atoms with E-state index in [9.17, 15) is 0 Å². The zero-order valence-electron chi connectivity index (χ0n) is 7.38. The zero-order valence-corrected chi connectivity index (χ0v) is 7.38. The predicted octanol–water partition coefficient (Wildman–Crippen LogP) is 1.05. The largest absolute Gasteiger partial charge is 0.366 e. The quantitative estimate of drug-likeness (QED) is 0.614. The minimum Gasteiger partial charge on any atom is -0.366 e. The highest BCUT2D eigenvalue weighted by Crippen LogP contribution is 2.06. The first-order valence-corrected chi connectivity index (χ1v) is 4.28. The van der Waals surface area contributed by atoms with Gasteiger partial charge in [0.2, 0.25) is 0 Å². The molecule has 66 valence electrons. The van der Waals surface area contributed by atoms with Crippen molar-refractivity contribution in [2.24, 2.45) is 0 Å². The lowest BCUT2D eigenvalue weighted by Crippen LogP contribution is -2.41. The van der Waals surface area contributed by atoms with Crippen LogP contribution < -0.4 is 0 Å². The number of hydrogen-bond donors (Lipinski definition) is 0. The first-order valence-electron chi connectivity index (χ1n) is 4.28. The Morgan fingerprint density at radius 1 is 1.64 bits per heavy atom. The van der Waals surface area contributed by atoms with Gasteiger partial charge in [0.25, 0.3) is 0 Å². The van der Waals surface area contributed by atoms with E-state index in [0.29, 0.717) is 0 Å². The lowest BCUT2D eigenvalue weighted by molar-refractivity contribution is -0.118. The van der Waals surface area contributed by atoms with Crippen molar-refractivity contribution in [1.29, 1.82) is 0 Å². The molecule has 0 spiro atoms. The normalized spacial score (nSPS) is 23.5. The van der Waals surface area contributed by atoms with E-state index in [1.165, 1.54) is 0 Å². The number of nitrogens with zero attached hydrogens (tertiary/aromatic N) is 1. The molecule has 1 aliphatic rings. The Morgan fingerprint density at radius 3 is 3.00 bits per heavy atom. The Labute approximate surface area is 68.3 Å². The summed E-state index contributed by atoms with van der Waals surface area (Å²) in [5, 5.41) is 0. The fourth-order valence-electron chi connectivity index (χ4n) is 1.25. The van der Waals surface area contributed by atoms with Crippen LogP contribution in [0.1, 0.15) is 20.3 Å². The maximum absolute atomic E-state index is 5.43. The van der Waals surface area contributed by atoms with Gasteiger partial charge < -0.3 is 9.47 Å². The van der Waals surface area contributed by atoms with Gasteiger partial charge >= 0.3 is 0 Å². The highest BCUT2D eigenvalue weighted by atomic mass is 16.5. The van der Waals surface area contributed by atoms with Crippen molar-refractivity contribution < 1.29 is 9.47 Å². The molecular formula is C8H17NO2. The molecule has 0 amide bonds. The average Bonchev–Trinajstić information content (AvgIpc) is 2.07. The van der Waals surface area contributed by atoms with Crippen molar-refractivity contribution in [3.8, 4) is 0 Å². The van der Waals surface area contributed by atoms with Gasteiger partial charge in [-0.15, -0.1) is 0 Å². The van der Waals surface area contributed by atoms with Crippen LogP contribution in [0.2, 0.25) is 0 Å². The van der Waals surface area contributed by atoms with E-state index in [0.717, 1.165) is 32.9 Å². The topological polar surface area (TPSA) is 21.7 Å². The van der Waals surface area contributed by atoms with Crippen molar-refractivity contribution in [2.45, 2.75) is 26.5 Å². The van der Waals surface area contributed by atoms with E-state index in [1.54, 1.807) is 0 Å². The van der Waals surface area contributed by atoms with Gasteiger partial charge in [0.15, 0.2) is 0 Å². The highest BCUT2D eigenvalue weighted by Gasteiger charge is 2.16. The molecule has 1 saturated heterocycles. The molecule has 0 saturated carbocycles. The van der Waals surface area contributed by atoms with Gasteiger partial charge in [0, 0.05) is 19.8 Å². The molecular weight excluding hydrogens is 142 g/mol. The summed E-state index contributed by atoms with van der Waals surface area (Å²) in [6, 6.07) is 0. The average molecular weight is 159 g/mol. The molecule has 0 radical (unpaired) electrons. The summed E-state index contributed by atoms with van der Waals surface area (Å²) in [6.07, 6.45) is 1.33. The molecule has 1 heterocycles. The van der Waals surface area contributed by atoms with Crippen LogP contribution in [0.5, 0.6) is 0 Å². The lowest BCUT2D eigenvalue weighted by Gasteiger charge is -2.31. The maximum Gasteiger partial charge on any atom is 0.109 e. The van der Waals surface area contributed by atoms with Crippen LogP contribution in [0.4, 0.5) is 0 Å². The van der Waals surface area contributed by atoms with Crippen LogP contribution in [-0.2, 0) is 9.47 Å². The second-order valence-electron chi connectivity index (χ2n) is 2.76. The predicted molar refractivity (Wildman–Crippen MR) is 43.2 cm³/mol. The molecule has 1 fully saturated rings. The Balaban J connectivity index is 2.21. The summed E-state index contributed by atoms with van der Waals surface area (Å²) in [6.45, 7) is 7.58. The van der Waals surface area contributed by atoms with Crippen molar-refractivity contribution in [1.82, 2.24) is 4.90 Å². The van der Waals surface area contributed by atoms with Gasteiger partial charge in [-0.1, -0.05) is 0 Å². The van der Waals surface area contributed by atoms with E-state index in [1.807, 2.05) is 6.92 Å². The SMILES string of the molecule is CCOC(C)N1CCCOC1. The molecule has 3 nitrogen and oxygen atoms in total. The molecule has 0 N–H and O–H groups in total. The van der Waals surface area contributed by atoms with Crippen molar-refractivity contribution >= 4 is 0 Å². The third-order valence-corrected chi connectivity index (χ3v) is 1.91. The van der Waals surface area contributed by atoms with E-state index in [2.05, 4.69) is 11.8 Å². The number of rotatable bonds is 3. The summed E-state index contributed by atoms with van der Waals surface area (Å²) in [5.41, 5.74) is 0. The van der Waals surface area contributed by atoms with Gasteiger partial charge in [-0.25, -0.2) is 0 Å². The summed E-state index contributed by atoms with van der Waals surface area (Å²) in [7, 11) is 0. The maximum atomic E-state index is 5.43. The third-order valence-electron chi connectivity index (χ3n) is 1.91. The minimum absolute atomic E-state index is 0.209. The zero-order chi connectivity index (χ0) is 8.10. The molecule has 0 aromatic heterocycles. The van der Waals surface area contributed by atoms with Crippen molar-refractivity contribution in [3.05, 3.63) is 0 Å². The Morgan fingerprint density at radius 2 is 2.45 bits per heavy atom. The highest BCUT2D eigenvalue weighted by molar-refractivity contribution is 4.59. The van der Waals surface area contributed by atoms with Gasteiger partial charge in [-0.3, -0.25) is 4.90 Å². The van der Waals surface area contributed by atoms with Crippen LogP contribution in [0.3, 0.4) is 0 Å². The Hall–Kier alpha value is -0.120. The van der Waals surface area contributed by atoms with Gasteiger partial charge in [-0.05, 0) is 20.3 Å². The standard InChI is InChI=1S/C8H17NO2/c1-3-11-8(2)9-5-4-6-10-7-9/h8H,3-7H2,1-2H3. The van der Waals surface area contributed by atoms with Crippen LogP contribution >= 0.6 is 0 Å². The number of ether oxygens (including phenoxy) is 2. The molecule has 0 aliphatic carbocycles. The first-order chi connectivity index (χ1) is 5.34. The van der Waals surface area contributed by atoms with Gasteiger partial charge in [0.1, 0.15) is 13.0 Å². The van der Waals surface area contributed by atoms with Crippen LogP contribution in [0.25, 0.3) is 0 Å². The summed E-state index contributed by atoms with van der Waals surface area (Å²) >= 11 is 0. The molecule has 1 atom stereocenters. The monoisotopic (exact) mass is 159 g/mol. The molecule has 0 aromatic carbocycles. The molecule has 1 unspecified atom stereocenters. The van der Waals surface area contributed by atoms with E-state index in [-0.39, 0.29) is 6.23 Å². The molecule has 1 aliphatic heterocycles. The molecule has 0 aromatic rings. The van der Waals surface area contributed by atoms with E-state index in [4.69, 9.17) is 9.47 Å². The van der Waals surface area contributed by atoms with Gasteiger partial charge in [-0.2, -0.15) is 0 Å². The lowest BCUT2D eigenvalue weighted by atomic mass is 10.3. The second kappa shape index (κ2) is 4.70. The Kier molecular flexibility index (Phi) is 3.83. The summed E-state index contributed by atoms with van der Waals surface area (Å²) in [4.78, 5) is 2.20.